The van der Waals surface area contributed by atoms with Crippen LogP contribution in [0.25, 0.3) is 22.2 Å². The van der Waals surface area contributed by atoms with Gasteiger partial charge in [0.15, 0.2) is 0 Å². The molecule has 6 heteroatoms. The summed E-state index contributed by atoms with van der Waals surface area (Å²) in [5.74, 6) is 2.61. The topological polar surface area (TPSA) is 68.3 Å². The Morgan fingerprint density at radius 1 is 1.00 bits per heavy atom. The molecule has 1 aromatic heterocycles. The Labute approximate surface area is 199 Å². The number of esters is 1. The van der Waals surface area contributed by atoms with E-state index in [2.05, 4.69) is 21.2 Å². The van der Waals surface area contributed by atoms with Gasteiger partial charge in [-0.3, -0.25) is 9.59 Å². The first-order valence-corrected chi connectivity index (χ1v) is 12.3. The Bertz CT molecular complexity index is 1400. The van der Waals surface area contributed by atoms with Crippen LogP contribution in [0, 0.1) is 47.8 Å². The number of pyridine rings is 1. The van der Waals surface area contributed by atoms with Crippen LogP contribution >= 0.6 is 15.9 Å². The number of hydrogen-bond acceptors (Lipinski definition) is 4. The second-order valence-corrected chi connectivity index (χ2v) is 11.4. The van der Waals surface area contributed by atoms with Crippen molar-refractivity contribution in [3.05, 3.63) is 64.1 Å². The van der Waals surface area contributed by atoms with Gasteiger partial charge in [0.05, 0.1) is 34.8 Å². The summed E-state index contributed by atoms with van der Waals surface area (Å²) in [5, 5.41) is 4.36. The summed E-state index contributed by atoms with van der Waals surface area (Å²) >= 11 is 3.57. The minimum atomic E-state index is -0.189. The number of carbonyl (C=O) groups is 2. The van der Waals surface area contributed by atoms with Gasteiger partial charge >= 0.3 is 5.97 Å². The minimum absolute atomic E-state index is 0.0146. The summed E-state index contributed by atoms with van der Waals surface area (Å²) in [7, 11) is 1.50. The lowest BCUT2D eigenvalue weighted by Crippen LogP contribution is -3.16. The van der Waals surface area contributed by atoms with E-state index < -0.39 is 0 Å². The average Bonchev–Trinajstić information content (AvgIpc) is 2.84. The number of hydrogen-bond donors (Lipinski definition) is 1. The van der Waals surface area contributed by atoms with Gasteiger partial charge in [-0.2, -0.15) is 0 Å². The maximum absolute atomic E-state index is 13.9. The predicted octanol–water partition coefficient (Wildman–Crippen LogP) is 4.37. The van der Waals surface area contributed by atoms with Crippen LogP contribution in [0.4, 0.5) is 0 Å². The van der Waals surface area contributed by atoms with Gasteiger partial charge in [-0.25, -0.2) is 4.98 Å². The molecule has 164 valence electrons. The standard InChI is InChI=1S/C27H21BrN2O3/c1-11-16(14-10-13(28)8-9-15(14)29-23(11)12-6-4-3-5-7-12)24(31)30-27-20-17-21(27)19-22(27)18(20)26(17,19)25(32)33-2/h3-10,17-22H,1-2H3,(H,30,31). The quantitative estimate of drug-likeness (QED) is 0.540. The van der Waals surface area contributed by atoms with E-state index in [1.807, 2.05) is 55.5 Å². The van der Waals surface area contributed by atoms with Crippen LogP contribution in [0.5, 0.6) is 0 Å². The monoisotopic (exact) mass is 500 g/mol. The summed E-state index contributed by atoms with van der Waals surface area (Å²) in [6, 6.07) is 16.0. The molecule has 1 heterocycles. The predicted molar refractivity (Wildman–Crippen MR) is 125 cm³/mol. The van der Waals surface area contributed by atoms with Crippen molar-refractivity contribution in [3.8, 4) is 11.3 Å². The molecule has 0 bridgehead atoms. The molecule has 6 aliphatic rings. The van der Waals surface area contributed by atoms with E-state index in [-0.39, 0.29) is 22.8 Å². The molecule has 6 saturated carbocycles. The van der Waals surface area contributed by atoms with Gasteiger partial charge in [0.2, 0.25) is 0 Å². The number of ether oxygens (including phenoxy) is 1. The third-order valence-corrected chi connectivity index (χ3v) is 10.5. The van der Waals surface area contributed by atoms with Crippen LogP contribution in [0.15, 0.2) is 53.0 Å². The van der Waals surface area contributed by atoms with Crippen molar-refractivity contribution in [2.24, 2.45) is 40.9 Å². The molecular weight excluding hydrogens is 480 g/mol. The highest BCUT2D eigenvalue weighted by molar-refractivity contribution is 9.10. The fourth-order valence-corrected chi connectivity index (χ4v) is 9.48. The highest BCUT2D eigenvalue weighted by Gasteiger charge is 3.12. The molecule has 6 aliphatic carbocycles. The smallest absolute Gasteiger partial charge is 0.312 e. The number of carbonyl (C=O) groups excluding carboxylic acids is 2. The summed E-state index contributed by atoms with van der Waals surface area (Å²) in [5.41, 5.74) is 3.98. The van der Waals surface area contributed by atoms with Crippen LogP contribution in [-0.2, 0) is 9.53 Å². The van der Waals surface area contributed by atoms with E-state index in [1.54, 1.807) is 0 Å². The first kappa shape index (κ1) is 18.7. The lowest BCUT2D eigenvalue weighted by atomic mass is 8.94. The number of benzene rings is 2. The highest BCUT2D eigenvalue weighted by Crippen LogP contribution is 3.07. The molecule has 2 aromatic carbocycles. The van der Waals surface area contributed by atoms with Crippen molar-refractivity contribution in [1.82, 2.24) is 10.3 Å². The summed E-state index contributed by atoms with van der Waals surface area (Å²) < 4.78 is 6.06. The molecule has 3 aromatic rings. The number of halogens is 1. The number of amides is 1. The molecular formula is C27H21BrN2O3. The third kappa shape index (κ3) is 1.64. The zero-order valence-corrected chi connectivity index (χ0v) is 19.7. The van der Waals surface area contributed by atoms with Crippen LogP contribution in [0.3, 0.4) is 0 Å². The Balaban J connectivity index is 1.19. The maximum Gasteiger partial charge on any atom is 0.312 e. The molecule has 0 aliphatic heterocycles. The zero-order valence-electron chi connectivity index (χ0n) is 18.1. The number of nitrogens with zero attached hydrogens (tertiary/aromatic N) is 1. The summed E-state index contributed by atoms with van der Waals surface area (Å²) in [6.45, 7) is 2.00. The van der Waals surface area contributed by atoms with Crippen molar-refractivity contribution < 1.29 is 14.3 Å². The van der Waals surface area contributed by atoms with Gasteiger partial charge in [0, 0.05) is 15.4 Å². The van der Waals surface area contributed by atoms with Crippen molar-refractivity contribution >= 4 is 38.7 Å². The summed E-state index contributed by atoms with van der Waals surface area (Å²) in [4.78, 5) is 31.2. The van der Waals surface area contributed by atoms with Gasteiger partial charge in [-0.15, -0.1) is 0 Å². The zero-order chi connectivity index (χ0) is 22.4. The molecule has 0 spiro atoms. The van der Waals surface area contributed by atoms with Crippen LogP contribution in [0.1, 0.15) is 15.9 Å². The van der Waals surface area contributed by atoms with Gasteiger partial charge < -0.3 is 10.1 Å². The van der Waals surface area contributed by atoms with Gasteiger partial charge in [0.25, 0.3) is 5.91 Å². The largest absolute Gasteiger partial charge is 0.469 e. The van der Waals surface area contributed by atoms with Gasteiger partial charge in [0.1, 0.15) is 0 Å². The number of methoxy groups -OCH3 is 1. The molecule has 5 nitrogen and oxygen atoms in total. The molecule has 0 saturated heterocycles. The van der Waals surface area contributed by atoms with Crippen molar-refractivity contribution in [2.45, 2.75) is 12.5 Å². The Hall–Kier alpha value is -2.73. The highest BCUT2D eigenvalue weighted by atomic mass is 79.9. The van der Waals surface area contributed by atoms with Crippen LogP contribution in [-0.4, -0.2) is 29.5 Å². The molecule has 6 fully saturated rings. The fourth-order valence-electron chi connectivity index (χ4n) is 9.12. The van der Waals surface area contributed by atoms with E-state index in [4.69, 9.17) is 9.72 Å². The first-order chi connectivity index (χ1) is 16.0. The fraction of sp³-hybridized carbons (Fsp3) is 0.370. The number of aromatic nitrogens is 1. The van der Waals surface area contributed by atoms with Gasteiger partial charge in [-0.05, 0) is 66.2 Å². The average molecular weight is 501 g/mol. The SMILES string of the molecule is COC(=O)C12C3C4C1C1C2C3C41NC(=O)c1c(C)c(-c2ccccc2)nc2ccc(Br)cc12. The molecule has 0 radical (unpaired) electrons. The normalized spacial score (nSPS) is 39.2. The van der Waals surface area contributed by atoms with Gasteiger partial charge in [-0.1, -0.05) is 46.3 Å². The molecule has 9 rings (SSSR count). The molecule has 0 unspecified atom stereocenters. The van der Waals surface area contributed by atoms with E-state index in [0.717, 1.165) is 32.2 Å². The first-order valence-electron chi connectivity index (χ1n) is 11.5. The lowest BCUT2D eigenvalue weighted by molar-refractivity contribution is -0.609. The maximum atomic E-state index is 13.9. The molecule has 33 heavy (non-hydrogen) atoms. The van der Waals surface area contributed by atoms with Crippen molar-refractivity contribution in [1.29, 1.82) is 0 Å². The molecule has 1 N–H and O–H groups in total. The van der Waals surface area contributed by atoms with Crippen molar-refractivity contribution in [3.63, 3.8) is 0 Å². The second kappa shape index (κ2) is 5.49. The van der Waals surface area contributed by atoms with Crippen LogP contribution < -0.4 is 5.32 Å². The summed E-state index contributed by atoms with van der Waals surface area (Å²) in [6.07, 6.45) is 0. The second-order valence-electron chi connectivity index (χ2n) is 10.5. The van der Waals surface area contributed by atoms with E-state index in [1.165, 1.54) is 7.11 Å². The Kier molecular flexibility index (Phi) is 3.11. The minimum Gasteiger partial charge on any atom is -0.469 e. The Morgan fingerprint density at radius 3 is 2.30 bits per heavy atom. The lowest BCUT2D eigenvalue weighted by Gasteiger charge is -3.09. The molecule has 0 atom stereocenters. The van der Waals surface area contributed by atoms with E-state index >= 15 is 0 Å². The van der Waals surface area contributed by atoms with E-state index in [9.17, 15) is 9.59 Å². The number of rotatable bonds is 4. The molecule has 1 amide bonds. The number of nitrogens with one attached hydrogen (secondary N) is 1. The van der Waals surface area contributed by atoms with Crippen LogP contribution in [0.2, 0.25) is 0 Å². The van der Waals surface area contributed by atoms with Crippen molar-refractivity contribution in [2.75, 3.05) is 7.11 Å². The number of fused-ring (bicyclic) bond motifs is 1. The van der Waals surface area contributed by atoms with E-state index in [0.29, 0.717) is 41.1 Å². The third-order valence-electron chi connectivity index (χ3n) is 9.96. The Morgan fingerprint density at radius 2 is 1.67 bits per heavy atom.